The summed E-state index contributed by atoms with van der Waals surface area (Å²) in [5.74, 6) is -4.64. The summed E-state index contributed by atoms with van der Waals surface area (Å²) >= 11 is 0. The molecule has 8 nitrogen and oxygen atoms in total. The summed E-state index contributed by atoms with van der Waals surface area (Å²) in [4.78, 5) is 14.9. The third kappa shape index (κ3) is 6.18. The second-order valence-corrected chi connectivity index (χ2v) is 7.32. The molecule has 2 aromatic carbocycles. The fourth-order valence-electron chi connectivity index (χ4n) is 3.15. The Morgan fingerprint density at radius 2 is 1.88 bits per heavy atom. The van der Waals surface area contributed by atoms with Gasteiger partial charge in [-0.05, 0) is 41.3 Å². The Labute approximate surface area is 195 Å². The number of nitrogens with two attached hydrogens (primary N) is 1. The van der Waals surface area contributed by atoms with Gasteiger partial charge in [-0.3, -0.25) is 0 Å². The van der Waals surface area contributed by atoms with Gasteiger partial charge >= 0.3 is 5.97 Å². The van der Waals surface area contributed by atoms with Crippen LogP contribution in [0, 0.1) is 11.6 Å². The number of benzene rings is 2. The Balaban J connectivity index is 1.99. The predicted octanol–water partition coefficient (Wildman–Crippen LogP) is 3.92. The van der Waals surface area contributed by atoms with E-state index >= 15 is 0 Å². The van der Waals surface area contributed by atoms with Crippen LogP contribution >= 0.6 is 0 Å². The van der Waals surface area contributed by atoms with Crippen LogP contribution in [0.4, 0.5) is 14.5 Å². The number of nitrogens with zero attached hydrogens (tertiary/aromatic N) is 1. The maximum Gasteiger partial charge on any atom is 0.344 e. The lowest BCUT2D eigenvalue weighted by atomic mass is 10.0. The first-order valence-corrected chi connectivity index (χ1v) is 10.6. The zero-order valence-electron chi connectivity index (χ0n) is 18.4. The van der Waals surface area contributed by atoms with Gasteiger partial charge in [0.25, 0.3) is 11.8 Å². The normalized spacial score (nSPS) is 11.7. The van der Waals surface area contributed by atoms with Crippen LogP contribution in [0.3, 0.4) is 0 Å². The highest BCUT2D eigenvalue weighted by atomic mass is 19.1. The second-order valence-electron chi connectivity index (χ2n) is 7.32. The van der Waals surface area contributed by atoms with E-state index in [1.54, 1.807) is 19.1 Å². The quantitative estimate of drug-likeness (QED) is 0.330. The average Bonchev–Trinajstić information content (AvgIpc) is 2.83. The monoisotopic (exact) mass is 473 g/mol. The smallest absolute Gasteiger partial charge is 0.344 e. The van der Waals surface area contributed by atoms with Crippen molar-refractivity contribution in [3.8, 4) is 28.6 Å². The molecule has 0 radical (unpaired) electrons. The minimum absolute atomic E-state index is 0.0494. The Bertz CT molecular complexity index is 1160. The van der Waals surface area contributed by atoms with Crippen molar-refractivity contribution in [2.24, 2.45) is 5.73 Å². The van der Waals surface area contributed by atoms with Gasteiger partial charge < -0.3 is 30.7 Å². The molecule has 0 fully saturated rings. The van der Waals surface area contributed by atoms with Gasteiger partial charge in [0, 0.05) is 30.9 Å². The van der Waals surface area contributed by atoms with Crippen LogP contribution in [0.25, 0.3) is 11.1 Å². The summed E-state index contributed by atoms with van der Waals surface area (Å²) in [7, 11) is 0. The van der Waals surface area contributed by atoms with Crippen molar-refractivity contribution in [3.63, 3.8) is 0 Å². The molecule has 0 bridgehead atoms. The Morgan fingerprint density at radius 1 is 1.12 bits per heavy atom. The Kier molecular flexibility index (Phi) is 8.34. The molecule has 1 heterocycles. The van der Waals surface area contributed by atoms with E-state index in [2.05, 4.69) is 10.3 Å². The molecule has 1 aromatic heterocycles. The summed E-state index contributed by atoms with van der Waals surface area (Å²) in [6, 6.07) is 13.0. The zero-order chi connectivity index (χ0) is 24.7. The Morgan fingerprint density at radius 3 is 2.56 bits per heavy atom. The van der Waals surface area contributed by atoms with Crippen molar-refractivity contribution in [2.45, 2.75) is 26.0 Å². The summed E-state index contributed by atoms with van der Waals surface area (Å²) < 4.78 is 39.3. The molecule has 0 aliphatic heterocycles. The molecule has 3 aromatic rings. The number of rotatable bonds is 11. The standard InChI is InChI=1S/C24H25F2N3O5/c1-2-21(24(31)32)34-23-20(26)12-19(25)22(29-23)33-18-10-16(9-17(11-18)28-6-7-30)15-5-3-4-14(8-15)13-27/h3-5,8-12,21,28,30H,2,6-7,13,27H2,1H3,(H,31,32). The first kappa shape index (κ1) is 24.9. The molecule has 0 aliphatic carbocycles. The molecule has 0 aliphatic rings. The fraction of sp³-hybridized carbons (Fsp3) is 0.250. The maximum atomic E-state index is 14.5. The third-order valence-electron chi connectivity index (χ3n) is 4.82. The minimum Gasteiger partial charge on any atom is -0.479 e. The number of aliphatic carboxylic acids is 1. The fourth-order valence-corrected chi connectivity index (χ4v) is 3.15. The van der Waals surface area contributed by atoms with Crippen LogP contribution in [0.2, 0.25) is 0 Å². The molecule has 3 rings (SSSR count). The van der Waals surface area contributed by atoms with Crippen LogP contribution in [-0.2, 0) is 11.3 Å². The summed E-state index contributed by atoms with van der Waals surface area (Å²) in [5.41, 5.74) is 8.76. The number of anilines is 1. The van der Waals surface area contributed by atoms with Crippen molar-refractivity contribution in [2.75, 3.05) is 18.5 Å². The zero-order valence-corrected chi connectivity index (χ0v) is 18.4. The van der Waals surface area contributed by atoms with Crippen molar-refractivity contribution in [3.05, 3.63) is 65.7 Å². The molecule has 1 unspecified atom stereocenters. The third-order valence-corrected chi connectivity index (χ3v) is 4.82. The van der Waals surface area contributed by atoms with E-state index < -0.39 is 35.5 Å². The number of nitrogens with one attached hydrogen (secondary N) is 1. The first-order valence-electron chi connectivity index (χ1n) is 10.6. The van der Waals surface area contributed by atoms with E-state index in [4.69, 9.17) is 25.4 Å². The van der Waals surface area contributed by atoms with E-state index in [1.165, 1.54) is 0 Å². The molecule has 34 heavy (non-hydrogen) atoms. The van der Waals surface area contributed by atoms with E-state index in [-0.39, 0.29) is 25.3 Å². The topological polar surface area (TPSA) is 127 Å². The van der Waals surface area contributed by atoms with Crippen LogP contribution in [-0.4, -0.2) is 40.4 Å². The highest BCUT2D eigenvalue weighted by Crippen LogP contribution is 2.33. The highest BCUT2D eigenvalue weighted by Gasteiger charge is 2.22. The van der Waals surface area contributed by atoms with Crippen molar-refractivity contribution in [1.82, 2.24) is 4.98 Å². The van der Waals surface area contributed by atoms with Crippen LogP contribution in [0.5, 0.6) is 17.5 Å². The number of aliphatic hydroxyl groups excluding tert-OH is 1. The summed E-state index contributed by atoms with van der Waals surface area (Å²) in [6.07, 6.45) is -1.30. The molecular formula is C24H25F2N3O5. The number of hydrogen-bond donors (Lipinski definition) is 4. The number of carbonyl (C=O) groups is 1. The maximum absolute atomic E-state index is 14.5. The van der Waals surface area contributed by atoms with Gasteiger partial charge in [-0.25, -0.2) is 13.6 Å². The number of aliphatic hydroxyl groups is 1. The van der Waals surface area contributed by atoms with Gasteiger partial charge in [0.15, 0.2) is 17.7 Å². The average molecular weight is 473 g/mol. The predicted molar refractivity (Wildman–Crippen MR) is 122 cm³/mol. The molecule has 0 saturated heterocycles. The SMILES string of the molecule is CCC(Oc1nc(Oc2cc(NCCO)cc(-c3cccc(CN)c3)c2)c(F)cc1F)C(=O)O. The van der Waals surface area contributed by atoms with Gasteiger partial charge in [0.1, 0.15) is 5.75 Å². The Hall–Kier alpha value is -3.76. The number of carboxylic acid groups (broad SMARTS) is 1. The second kappa shape index (κ2) is 11.4. The molecule has 0 amide bonds. The molecule has 5 N–H and O–H groups in total. The van der Waals surface area contributed by atoms with Gasteiger partial charge in [0.05, 0.1) is 6.61 Å². The molecule has 0 saturated carbocycles. The summed E-state index contributed by atoms with van der Waals surface area (Å²) in [5, 5.41) is 21.3. The number of ether oxygens (including phenoxy) is 2. The number of hydrogen-bond acceptors (Lipinski definition) is 7. The van der Waals surface area contributed by atoms with Crippen molar-refractivity contribution < 1.29 is 33.3 Å². The molecule has 1 atom stereocenters. The molecular weight excluding hydrogens is 448 g/mol. The lowest BCUT2D eigenvalue weighted by molar-refractivity contribution is -0.145. The molecule has 0 spiro atoms. The summed E-state index contributed by atoms with van der Waals surface area (Å²) in [6.45, 7) is 2.05. The minimum atomic E-state index is -1.35. The van der Waals surface area contributed by atoms with E-state index in [1.807, 2.05) is 30.3 Å². The first-order chi connectivity index (χ1) is 16.3. The number of pyridine rings is 1. The molecule has 10 heteroatoms. The van der Waals surface area contributed by atoms with Crippen LogP contribution in [0.15, 0.2) is 48.5 Å². The number of carboxylic acids is 1. The van der Waals surface area contributed by atoms with Gasteiger partial charge in [-0.2, -0.15) is 4.98 Å². The van der Waals surface area contributed by atoms with Crippen LogP contribution < -0.4 is 20.5 Å². The lowest BCUT2D eigenvalue weighted by Crippen LogP contribution is -2.26. The van der Waals surface area contributed by atoms with Crippen molar-refractivity contribution in [1.29, 1.82) is 0 Å². The number of halogens is 2. The lowest BCUT2D eigenvalue weighted by Gasteiger charge is -2.15. The van der Waals surface area contributed by atoms with Gasteiger partial charge in [-0.15, -0.1) is 0 Å². The van der Waals surface area contributed by atoms with E-state index in [0.717, 1.165) is 11.1 Å². The van der Waals surface area contributed by atoms with Gasteiger partial charge in [0.2, 0.25) is 0 Å². The van der Waals surface area contributed by atoms with Crippen LogP contribution in [0.1, 0.15) is 18.9 Å². The molecule has 180 valence electrons. The number of aromatic nitrogens is 1. The van der Waals surface area contributed by atoms with E-state index in [0.29, 0.717) is 23.9 Å². The highest BCUT2D eigenvalue weighted by molar-refractivity contribution is 5.73. The van der Waals surface area contributed by atoms with Crippen molar-refractivity contribution >= 4 is 11.7 Å². The largest absolute Gasteiger partial charge is 0.479 e. The van der Waals surface area contributed by atoms with E-state index in [9.17, 15) is 13.6 Å². The van der Waals surface area contributed by atoms with Gasteiger partial charge in [-0.1, -0.05) is 25.1 Å².